The largest absolute Gasteiger partial charge is 0.355 e. The van der Waals surface area contributed by atoms with Crippen molar-refractivity contribution in [3.8, 4) is 0 Å². The number of allylic oxidation sites excluding steroid dienone is 1. The van der Waals surface area contributed by atoms with Gasteiger partial charge in [0.1, 0.15) is 6.42 Å². The summed E-state index contributed by atoms with van der Waals surface area (Å²) in [4.78, 5) is 36.6. The first-order chi connectivity index (χ1) is 12.7. The van der Waals surface area contributed by atoms with Gasteiger partial charge in [-0.1, -0.05) is 11.6 Å². The molecule has 140 valence electrons. The lowest BCUT2D eigenvalue weighted by Crippen LogP contribution is -2.50. The van der Waals surface area contributed by atoms with Crippen LogP contribution >= 0.6 is 0 Å². The predicted octanol–water partition coefficient (Wildman–Crippen LogP) is 1.52. The Bertz CT molecular complexity index is 639. The molecule has 0 radical (unpaired) electrons. The molecule has 0 unspecified atom stereocenters. The molecule has 2 heterocycles. The third-order valence-corrected chi connectivity index (χ3v) is 4.93. The Balaban J connectivity index is 1.35. The van der Waals surface area contributed by atoms with Crippen LogP contribution in [0.15, 0.2) is 30.1 Å². The molecule has 7 nitrogen and oxygen atoms in total. The molecule has 1 aliphatic carbocycles. The number of anilines is 1. The number of nitrogens with one attached hydrogen (secondary N) is 1. The number of piperazine rings is 1. The summed E-state index contributed by atoms with van der Waals surface area (Å²) in [5.41, 5.74) is 1.43. The van der Waals surface area contributed by atoms with Gasteiger partial charge in [-0.25, -0.2) is 9.97 Å². The van der Waals surface area contributed by atoms with E-state index in [0.717, 1.165) is 19.3 Å². The molecule has 0 spiro atoms. The molecule has 0 atom stereocenters. The van der Waals surface area contributed by atoms with Gasteiger partial charge in [-0.2, -0.15) is 0 Å². The molecule has 2 amide bonds. The number of carbonyl (C=O) groups excluding carboxylic acids is 2. The van der Waals surface area contributed by atoms with Crippen LogP contribution in [-0.2, 0) is 9.59 Å². The average molecular weight is 357 g/mol. The van der Waals surface area contributed by atoms with Crippen LogP contribution in [-0.4, -0.2) is 59.4 Å². The molecule has 1 N–H and O–H groups in total. The summed E-state index contributed by atoms with van der Waals surface area (Å²) < 4.78 is 0. The molecule has 0 bridgehead atoms. The average Bonchev–Trinajstić information content (AvgIpc) is 2.69. The number of amides is 2. The second-order valence-electron chi connectivity index (χ2n) is 6.80. The van der Waals surface area contributed by atoms with Gasteiger partial charge < -0.3 is 15.1 Å². The van der Waals surface area contributed by atoms with Gasteiger partial charge in [0, 0.05) is 45.1 Å². The summed E-state index contributed by atoms with van der Waals surface area (Å²) in [5, 5.41) is 2.88. The van der Waals surface area contributed by atoms with Gasteiger partial charge in [-0.15, -0.1) is 0 Å². The summed E-state index contributed by atoms with van der Waals surface area (Å²) in [6.45, 7) is 3.18. The van der Waals surface area contributed by atoms with Crippen LogP contribution < -0.4 is 10.2 Å². The van der Waals surface area contributed by atoms with E-state index in [-0.39, 0.29) is 18.2 Å². The van der Waals surface area contributed by atoms with Crippen molar-refractivity contribution in [3.63, 3.8) is 0 Å². The molecule has 7 heteroatoms. The van der Waals surface area contributed by atoms with Crippen molar-refractivity contribution in [3.05, 3.63) is 30.1 Å². The highest BCUT2D eigenvalue weighted by Gasteiger charge is 2.23. The molecule has 0 saturated carbocycles. The van der Waals surface area contributed by atoms with Crippen molar-refractivity contribution < 1.29 is 9.59 Å². The monoisotopic (exact) mass is 357 g/mol. The summed E-state index contributed by atoms with van der Waals surface area (Å²) >= 11 is 0. The van der Waals surface area contributed by atoms with E-state index in [4.69, 9.17) is 0 Å². The molecule has 2 aliphatic rings. The van der Waals surface area contributed by atoms with Crippen LogP contribution in [0.3, 0.4) is 0 Å². The number of hydrogen-bond donors (Lipinski definition) is 1. The molecule has 1 fully saturated rings. The van der Waals surface area contributed by atoms with Crippen LogP contribution in [0.4, 0.5) is 5.95 Å². The number of aromatic nitrogens is 2. The van der Waals surface area contributed by atoms with E-state index in [2.05, 4.69) is 26.3 Å². The van der Waals surface area contributed by atoms with Crippen LogP contribution in [0.25, 0.3) is 0 Å². The van der Waals surface area contributed by atoms with E-state index >= 15 is 0 Å². The Morgan fingerprint density at radius 3 is 2.54 bits per heavy atom. The van der Waals surface area contributed by atoms with E-state index in [9.17, 15) is 9.59 Å². The van der Waals surface area contributed by atoms with Crippen molar-refractivity contribution in [1.29, 1.82) is 0 Å². The minimum absolute atomic E-state index is 0.0686. The second-order valence-corrected chi connectivity index (χ2v) is 6.80. The van der Waals surface area contributed by atoms with Gasteiger partial charge in [0.05, 0.1) is 0 Å². The molecule has 1 aliphatic heterocycles. The normalized spacial score (nSPS) is 17.6. The van der Waals surface area contributed by atoms with E-state index in [0.29, 0.717) is 38.7 Å². The van der Waals surface area contributed by atoms with Gasteiger partial charge >= 0.3 is 0 Å². The molecule has 1 aromatic heterocycles. The summed E-state index contributed by atoms with van der Waals surface area (Å²) in [6.07, 6.45) is 11.4. The summed E-state index contributed by atoms with van der Waals surface area (Å²) in [5.74, 6) is 0.405. The fourth-order valence-electron chi connectivity index (χ4n) is 3.42. The van der Waals surface area contributed by atoms with Gasteiger partial charge in [-0.3, -0.25) is 9.59 Å². The standard InChI is InChI=1S/C19H27N5O2/c25-17(20-10-7-16-5-2-1-3-6-16)15-18(26)23-11-13-24(14-12-23)19-21-8-4-9-22-19/h4-5,8-9H,1-3,6-7,10-15H2,(H,20,25). The topological polar surface area (TPSA) is 78.4 Å². The minimum atomic E-state index is -0.180. The second kappa shape index (κ2) is 9.31. The lowest BCUT2D eigenvalue weighted by atomic mass is 9.97. The van der Waals surface area contributed by atoms with Crippen molar-refractivity contribution in [1.82, 2.24) is 20.2 Å². The molecule has 0 aromatic carbocycles. The highest BCUT2D eigenvalue weighted by molar-refractivity contribution is 5.96. The van der Waals surface area contributed by atoms with Crippen LogP contribution in [0.5, 0.6) is 0 Å². The van der Waals surface area contributed by atoms with Gasteiger partial charge in [0.2, 0.25) is 17.8 Å². The zero-order chi connectivity index (χ0) is 18.2. The maximum Gasteiger partial charge on any atom is 0.232 e. The molecular formula is C19H27N5O2. The van der Waals surface area contributed by atoms with E-state index < -0.39 is 0 Å². The Morgan fingerprint density at radius 1 is 1.08 bits per heavy atom. The molecule has 26 heavy (non-hydrogen) atoms. The lowest BCUT2D eigenvalue weighted by Gasteiger charge is -2.34. The maximum atomic E-state index is 12.3. The van der Waals surface area contributed by atoms with Gasteiger partial charge in [0.15, 0.2) is 0 Å². The first-order valence-corrected chi connectivity index (χ1v) is 9.47. The van der Waals surface area contributed by atoms with E-state index in [1.807, 2.05) is 0 Å². The first-order valence-electron chi connectivity index (χ1n) is 9.47. The van der Waals surface area contributed by atoms with E-state index in [1.54, 1.807) is 23.4 Å². The Kier molecular flexibility index (Phi) is 6.57. The fourth-order valence-corrected chi connectivity index (χ4v) is 3.42. The summed E-state index contributed by atoms with van der Waals surface area (Å²) in [6, 6.07) is 1.78. The smallest absolute Gasteiger partial charge is 0.232 e. The third kappa shape index (κ3) is 5.28. The van der Waals surface area contributed by atoms with E-state index in [1.165, 1.54) is 18.4 Å². The zero-order valence-corrected chi connectivity index (χ0v) is 15.2. The van der Waals surface area contributed by atoms with Gasteiger partial charge in [0.25, 0.3) is 0 Å². The number of carbonyl (C=O) groups is 2. The van der Waals surface area contributed by atoms with Crippen molar-refractivity contribution in [2.24, 2.45) is 0 Å². The third-order valence-electron chi connectivity index (χ3n) is 4.93. The lowest BCUT2D eigenvalue weighted by molar-refractivity contribution is -0.136. The van der Waals surface area contributed by atoms with Crippen LogP contribution in [0.1, 0.15) is 38.5 Å². The quantitative estimate of drug-likeness (QED) is 0.617. The fraction of sp³-hybridized carbons (Fsp3) is 0.579. The number of rotatable bonds is 6. The molecule has 1 aromatic rings. The minimum Gasteiger partial charge on any atom is -0.355 e. The SMILES string of the molecule is O=C(CC(=O)N1CCN(c2ncccn2)CC1)NCCC1=CCCCC1. The van der Waals surface area contributed by atoms with Crippen LogP contribution in [0.2, 0.25) is 0 Å². The van der Waals surface area contributed by atoms with Crippen molar-refractivity contribution >= 4 is 17.8 Å². The Labute approximate surface area is 154 Å². The van der Waals surface area contributed by atoms with Crippen molar-refractivity contribution in [2.75, 3.05) is 37.6 Å². The van der Waals surface area contributed by atoms with Gasteiger partial charge in [-0.05, 0) is 38.2 Å². The highest BCUT2D eigenvalue weighted by atomic mass is 16.2. The first kappa shape index (κ1) is 18.4. The zero-order valence-electron chi connectivity index (χ0n) is 15.2. The predicted molar refractivity (Wildman–Crippen MR) is 99.6 cm³/mol. The highest BCUT2D eigenvalue weighted by Crippen LogP contribution is 2.19. The summed E-state index contributed by atoms with van der Waals surface area (Å²) in [7, 11) is 0. The molecular weight excluding hydrogens is 330 g/mol. The van der Waals surface area contributed by atoms with Crippen molar-refractivity contribution in [2.45, 2.75) is 38.5 Å². The Hall–Kier alpha value is -2.44. The number of hydrogen-bond acceptors (Lipinski definition) is 5. The Morgan fingerprint density at radius 2 is 1.85 bits per heavy atom. The maximum absolute atomic E-state index is 12.3. The molecule has 1 saturated heterocycles. The number of nitrogens with zero attached hydrogens (tertiary/aromatic N) is 4. The molecule has 3 rings (SSSR count). The van der Waals surface area contributed by atoms with Crippen LogP contribution in [0, 0.1) is 0 Å².